The number of morpholine rings is 1. The van der Waals surface area contributed by atoms with Crippen LogP contribution in [0.2, 0.25) is 0 Å². The highest BCUT2D eigenvalue weighted by Gasteiger charge is 2.29. The Morgan fingerprint density at radius 1 is 1.32 bits per heavy atom. The van der Waals surface area contributed by atoms with E-state index in [1.54, 1.807) is 4.31 Å². The number of benzene rings is 1. The van der Waals surface area contributed by atoms with Crippen LogP contribution in [0.3, 0.4) is 0 Å². The Bertz CT molecular complexity index is 487. The third-order valence-corrected chi connectivity index (χ3v) is 5.27. The molecule has 0 amide bonds. The van der Waals surface area contributed by atoms with Crippen molar-refractivity contribution >= 4 is 10.0 Å². The fourth-order valence-electron chi connectivity index (χ4n) is 2.20. The summed E-state index contributed by atoms with van der Waals surface area (Å²) in [7, 11) is -3.13. The van der Waals surface area contributed by atoms with Crippen LogP contribution in [0.1, 0.15) is 31.4 Å². The Labute approximate surface area is 115 Å². The van der Waals surface area contributed by atoms with Gasteiger partial charge in [-0.25, -0.2) is 8.42 Å². The summed E-state index contributed by atoms with van der Waals surface area (Å²) in [5.41, 5.74) is 1.04. The van der Waals surface area contributed by atoms with Crippen LogP contribution in [0.5, 0.6) is 0 Å². The van der Waals surface area contributed by atoms with Crippen molar-refractivity contribution in [2.24, 2.45) is 0 Å². The van der Waals surface area contributed by atoms with Gasteiger partial charge in [-0.3, -0.25) is 0 Å². The first kappa shape index (κ1) is 14.5. The lowest BCUT2D eigenvalue weighted by Gasteiger charge is -2.32. The van der Waals surface area contributed by atoms with Crippen molar-refractivity contribution in [3.63, 3.8) is 0 Å². The van der Waals surface area contributed by atoms with Crippen molar-refractivity contribution in [3.8, 4) is 0 Å². The number of hydrogen-bond donors (Lipinski definition) is 0. The smallest absolute Gasteiger partial charge is 0.214 e. The molecule has 1 fully saturated rings. The second-order valence-electron chi connectivity index (χ2n) is 4.80. The number of hydrogen-bond acceptors (Lipinski definition) is 3. The minimum Gasteiger partial charge on any atom is -0.371 e. The molecule has 0 aliphatic carbocycles. The maximum atomic E-state index is 12.2. The van der Waals surface area contributed by atoms with E-state index in [-0.39, 0.29) is 11.9 Å². The minimum absolute atomic E-state index is 0.147. The highest BCUT2D eigenvalue weighted by atomic mass is 32.2. The van der Waals surface area contributed by atoms with Crippen LogP contribution in [-0.4, -0.2) is 38.2 Å². The SMILES string of the molecule is CCCCS(=O)(=O)N1CCO[C@H](c2ccccc2)C1. The molecule has 19 heavy (non-hydrogen) atoms. The van der Waals surface area contributed by atoms with E-state index in [1.807, 2.05) is 37.3 Å². The summed E-state index contributed by atoms with van der Waals surface area (Å²) in [6.07, 6.45) is 1.47. The number of ether oxygens (including phenoxy) is 1. The molecule has 0 saturated carbocycles. The number of unbranched alkanes of at least 4 members (excludes halogenated alkanes) is 1. The van der Waals surface area contributed by atoms with E-state index in [4.69, 9.17) is 4.74 Å². The summed E-state index contributed by atoms with van der Waals surface area (Å²) >= 11 is 0. The zero-order valence-electron chi connectivity index (χ0n) is 11.3. The lowest BCUT2D eigenvalue weighted by atomic mass is 10.1. The molecule has 0 radical (unpaired) electrons. The summed E-state index contributed by atoms with van der Waals surface area (Å²) in [5, 5.41) is 0. The highest BCUT2D eigenvalue weighted by Crippen LogP contribution is 2.23. The third-order valence-electron chi connectivity index (χ3n) is 3.35. The van der Waals surface area contributed by atoms with Crippen LogP contribution in [0.25, 0.3) is 0 Å². The average molecular weight is 283 g/mol. The molecule has 1 aliphatic rings. The molecule has 2 rings (SSSR count). The normalized spacial score (nSPS) is 21.4. The lowest BCUT2D eigenvalue weighted by molar-refractivity contribution is -0.00254. The van der Waals surface area contributed by atoms with Gasteiger partial charge in [0.1, 0.15) is 0 Å². The Morgan fingerprint density at radius 3 is 2.74 bits per heavy atom. The second-order valence-corrected chi connectivity index (χ2v) is 6.89. The molecule has 4 nitrogen and oxygen atoms in total. The zero-order chi connectivity index (χ0) is 13.7. The Hall–Kier alpha value is -0.910. The van der Waals surface area contributed by atoms with E-state index in [2.05, 4.69) is 0 Å². The molecule has 1 aromatic carbocycles. The molecule has 0 aromatic heterocycles. The molecule has 5 heteroatoms. The topological polar surface area (TPSA) is 46.6 Å². The van der Waals surface area contributed by atoms with Crippen LogP contribution in [0.4, 0.5) is 0 Å². The summed E-state index contributed by atoms with van der Waals surface area (Å²) in [4.78, 5) is 0. The average Bonchev–Trinajstić information content (AvgIpc) is 2.46. The summed E-state index contributed by atoms with van der Waals surface area (Å²) in [6.45, 7) is 3.36. The van der Waals surface area contributed by atoms with E-state index < -0.39 is 10.0 Å². The van der Waals surface area contributed by atoms with Crippen LogP contribution in [-0.2, 0) is 14.8 Å². The number of sulfonamides is 1. The van der Waals surface area contributed by atoms with Gasteiger partial charge in [0.25, 0.3) is 0 Å². The summed E-state index contributed by atoms with van der Waals surface area (Å²) in [6, 6.07) is 9.80. The molecule has 1 aliphatic heterocycles. The fraction of sp³-hybridized carbons (Fsp3) is 0.571. The molecule has 0 bridgehead atoms. The van der Waals surface area contributed by atoms with Crippen LogP contribution < -0.4 is 0 Å². The minimum atomic E-state index is -3.13. The first-order valence-electron chi connectivity index (χ1n) is 6.78. The maximum absolute atomic E-state index is 12.2. The van der Waals surface area contributed by atoms with Gasteiger partial charge in [0.05, 0.1) is 18.5 Å². The van der Waals surface area contributed by atoms with Gasteiger partial charge in [0.2, 0.25) is 10.0 Å². The molecule has 1 heterocycles. The highest BCUT2D eigenvalue weighted by molar-refractivity contribution is 7.89. The predicted octanol–water partition coefficient (Wildman–Crippen LogP) is 2.19. The number of nitrogens with zero attached hydrogens (tertiary/aromatic N) is 1. The van der Waals surface area contributed by atoms with Crippen LogP contribution in [0, 0.1) is 0 Å². The van der Waals surface area contributed by atoms with Crippen molar-refractivity contribution in [1.82, 2.24) is 4.31 Å². The van der Waals surface area contributed by atoms with Crippen molar-refractivity contribution in [1.29, 1.82) is 0 Å². The van der Waals surface area contributed by atoms with Crippen molar-refractivity contribution in [2.45, 2.75) is 25.9 Å². The zero-order valence-corrected chi connectivity index (χ0v) is 12.1. The molecule has 106 valence electrons. The molecule has 0 N–H and O–H groups in total. The Kier molecular flexibility index (Phi) is 4.96. The molecule has 1 saturated heterocycles. The summed E-state index contributed by atoms with van der Waals surface area (Å²) in [5.74, 6) is 0.241. The second kappa shape index (κ2) is 6.50. The van der Waals surface area contributed by atoms with Crippen molar-refractivity contribution in [3.05, 3.63) is 35.9 Å². The van der Waals surface area contributed by atoms with Gasteiger partial charge in [-0.1, -0.05) is 43.7 Å². The molecule has 1 aromatic rings. The fourth-order valence-corrected chi connectivity index (χ4v) is 3.83. The van der Waals surface area contributed by atoms with E-state index in [0.29, 0.717) is 19.7 Å². The Morgan fingerprint density at radius 2 is 2.05 bits per heavy atom. The number of rotatable bonds is 5. The van der Waals surface area contributed by atoms with Gasteiger partial charge in [-0.05, 0) is 12.0 Å². The van der Waals surface area contributed by atoms with E-state index >= 15 is 0 Å². The maximum Gasteiger partial charge on any atom is 0.214 e. The van der Waals surface area contributed by atoms with E-state index in [1.165, 1.54) is 0 Å². The van der Waals surface area contributed by atoms with Gasteiger partial charge < -0.3 is 4.74 Å². The monoisotopic (exact) mass is 283 g/mol. The van der Waals surface area contributed by atoms with Gasteiger partial charge in [-0.15, -0.1) is 0 Å². The largest absolute Gasteiger partial charge is 0.371 e. The van der Waals surface area contributed by atoms with Crippen LogP contribution >= 0.6 is 0 Å². The predicted molar refractivity (Wildman–Crippen MR) is 75.4 cm³/mol. The quantitative estimate of drug-likeness (QED) is 0.832. The van der Waals surface area contributed by atoms with Gasteiger partial charge in [-0.2, -0.15) is 4.31 Å². The molecular weight excluding hydrogens is 262 g/mol. The first-order chi connectivity index (χ1) is 9.13. The van der Waals surface area contributed by atoms with Gasteiger partial charge >= 0.3 is 0 Å². The van der Waals surface area contributed by atoms with Crippen LogP contribution in [0.15, 0.2) is 30.3 Å². The van der Waals surface area contributed by atoms with Crippen molar-refractivity contribution in [2.75, 3.05) is 25.4 Å². The molecule has 1 atom stereocenters. The first-order valence-corrected chi connectivity index (χ1v) is 8.39. The summed E-state index contributed by atoms with van der Waals surface area (Å²) < 4.78 is 31.6. The van der Waals surface area contributed by atoms with E-state index in [9.17, 15) is 8.42 Å². The molecular formula is C14H21NO3S. The van der Waals surface area contributed by atoms with E-state index in [0.717, 1.165) is 18.4 Å². The lowest BCUT2D eigenvalue weighted by Crippen LogP contribution is -2.43. The van der Waals surface area contributed by atoms with Gasteiger partial charge in [0, 0.05) is 13.1 Å². The van der Waals surface area contributed by atoms with Crippen molar-refractivity contribution < 1.29 is 13.2 Å². The Balaban J connectivity index is 2.05. The third kappa shape index (κ3) is 3.78. The molecule has 0 unspecified atom stereocenters. The standard InChI is InChI=1S/C14H21NO3S/c1-2-3-11-19(16,17)15-9-10-18-14(12-15)13-7-5-4-6-8-13/h4-8,14H,2-3,9-12H2,1H3/t14-/m0/s1. The molecule has 0 spiro atoms. The van der Waals surface area contributed by atoms with Gasteiger partial charge in [0.15, 0.2) is 0 Å².